The summed E-state index contributed by atoms with van der Waals surface area (Å²) in [6.07, 6.45) is 4.24. The Hall–Kier alpha value is -0.530. The molecule has 0 aromatic heterocycles. The van der Waals surface area contributed by atoms with Crippen molar-refractivity contribution >= 4 is 5.97 Å². The average molecular weight is 240 g/mol. The molecule has 0 saturated heterocycles. The van der Waals surface area contributed by atoms with Crippen LogP contribution in [-0.2, 0) is 9.53 Å². The molecular weight excluding hydrogens is 212 g/mol. The topological polar surface area (TPSA) is 26.3 Å². The Balaban J connectivity index is 2.54. The molecule has 1 aliphatic rings. The molecule has 0 aliphatic heterocycles. The largest absolute Gasteiger partial charge is 0.462 e. The summed E-state index contributed by atoms with van der Waals surface area (Å²) >= 11 is 0. The Morgan fingerprint density at radius 1 is 1.24 bits per heavy atom. The maximum Gasteiger partial charge on any atom is 0.306 e. The molecule has 0 spiro atoms. The SMILES string of the molecule is CC(C)CC(=O)O[C@H]1C[C@@H](C)CC[C@@H]1C(C)C. The molecule has 0 radical (unpaired) electrons. The van der Waals surface area contributed by atoms with Gasteiger partial charge in [0.1, 0.15) is 6.10 Å². The first kappa shape index (κ1) is 14.5. The van der Waals surface area contributed by atoms with E-state index in [0.717, 1.165) is 6.42 Å². The van der Waals surface area contributed by atoms with Gasteiger partial charge in [0.25, 0.3) is 0 Å². The summed E-state index contributed by atoms with van der Waals surface area (Å²) in [5.41, 5.74) is 0. The normalized spacial score (nSPS) is 29.7. The summed E-state index contributed by atoms with van der Waals surface area (Å²) in [6, 6.07) is 0. The fourth-order valence-electron chi connectivity index (χ4n) is 2.80. The smallest absolute Gasteiger partial charge is 0.306 e. The third-order valence-electron chi connectivity index (χ3n) is 3.82. The second-order valence-corrected chi connectivity index (χ2v) is 6.45. The number of carbonyl (C=O) groups excluding carboxylic acids is 1. The Morgan fingerprint density at radius 3 is 2.41 bits per heavy atom. The molecule has 1 aliphatic carbocycles. The zero-order valence-electron chi connectivity index (χ0n) is 12.0. The lowest BCUT2D eigenvalue weighted by Crippen LogP contribution is -2.36. The van der Waals surface area contributed by atoms with E-state index in [1.165, 1.54) is 12.8 Å². The van der Waals surface area contributed by atoms with E-state index in [4.69, 9.17) is 4.74 Å². The molecule has 100 valence electrons. The van der Waals surface area contributed by atoms with Crippen molar-refractivity contribution in [2.45, 2.75) is 66.4 Å². The monoisotopic (exact) mass is 240 g/mol. The lowest BCUT2D eigenvalue weighted by Gasteiger charge is -2.36. The predicted octanol–water partition coefficient (Wildman–Crippen LogP) is 4.04. The van der Waals surface area contributed by atoms with Crippen molar-refractivity contribution in [3.63, 3.8) is 0 Å². The number of hydrogen-bond acceptors (Lipinski definition) is 2. The molecule has 1 fully saturated rings. The summed E-state index contributed by atoms with van der Waals surface area (Å²) in [6.45, 7) is 10.9. The van der Waals surface area contributed by atoms with Crippen LogP contribution in [-0.4, -0.2) is 12.1 Å². The maximum atomic E-state index is 11.8. The number of carbonyl (C=O) groups is 1. The highest BCUT2D eigenvalue weighted by molar-refractivity contribution is 5.69. The molecule has 3 atom stereocenters. The van der Waals surface area contributed by atoms with E-state index in [9.17, 15) is 4.79 Å². The van der Waals surface area contributed by atoms with E-state index in [-0.39, 0.29) is 12.1 Å². The summed E-state index contributed by atoms with van der Waals surface area (Å²) in [5, 5.41) is 0. The van der Waals surface area contributed by atoms with Crippen LogP contribution in [0.2, 0.25) is 0 Å². The Labute approximate surface area is 106 Å². The van der Waals surface area contributed by atoms with Crippen LogP contribution in [0.25, 0.3) is 0 Å². The second kappa shape index (κ2) is 6.42. The third kappa shape index (κ3) is 4.69. The van der Waals surface area contributed by atoms with Gasteiger partial charge in [-0.05, 0) is 36.5 Å². The van der Waals surface area contributed by atoms with Crippen molar-refractivity contribution in [2.75, 3.05) is 0 Å². The van der Waals surface area contributed by atoms with Gasteiger partial charge in [0.15, 0.2) is 0 Å². The highest BCUT2D eigenvalue weighted by Crippen LogP contribution is 2.35. The van der Waals surface area contributed by atoms with Gasteiger partial charge in [0.2, 0.25) is 0 Å². The number of hydrogen-bond donors (Lipinski definition) is 0. The third-order valence-corrected chi connectivity index (χ3v) is 3.82. The van der Waals surface area contributed by atoms with Crippen molar-refractivity contribution in [1.29, 1.82) is 0 Å². The van der Waals surface area contributed by atoms with E-state index in [1.54, 1.807) is 0 Å². The Kier molecular flexibility index (Phi) is 5.48. The molecule has 0 amide bonds. The van der Waals surface area contributed by atoms with Gasteiger partial charge in [-0.25, -0.2) is 0 Å². The Bertz CT molecular complexity index is 245. The minimum atomic E-state index is -0.00949. The first-order valence-electron chi connectivity index (χ1n) is 7.09. The fraction of sp³-hybridized carbons (Fsp3) is 0.933. The van der Waals surface area contributed by atoms with Crippen LogP contribution in [0.1, 0.15) is 60.3 Å². The molecule has 1 rings (SSSR count). The van der Waals surface area contributed by atoms with Gasteiger partial charge >= 0.3 is 5.97 Å². The first-order valence-corrected chi connectivity index (χ1v) is 7.09. The van der Waals surface area contributed by atoms with E-state index in [0.29, 0.717) is 30.1 Å². The van der Waals surface area contributed by atoms with E-state index >= 15 is 0 Å². The molecule has 0 unspecified atom stereocenters. The van der Waals surface area contributed by atoms with Crippen LogP contribution in [0.15, 0.2) is 0 Å². The summed E-state index contributed by atoms with van der Waals surface area (Å²) in [4.78, 5) is 11.8. The molecule has 0 heterocycles. The minimum absolute atomic E-state index is 0.00949. The van der Waals surface area contributed by atoms with Crippen LogP contribution >= 0.6 is 0 Å². The van der Waals surface area contributed by atoms with Gasteiger partial charge in [-0.2, -0.15) is 0 Å². The van der Waals surface area contributed by atoms with Gasteiger partial charge in [0.05, 0.1) is 0 Å². The van der Waals surface area contributed by atoms with Crippen LogP contribution in [0.4, 0.5) is 0 Å². The van der Waals surface area contributed by atoms with Gasteiger partial charge in [-0.3, -0.25) is 4.79 Å². The number of rotatable bonds is 4. The zero-order chi connectivity index (χ0) is 13.0. The maximum absolute atomic E-state index is 11.8. The van der Waals surface area contributed by atoms with Crippen LogP contribution < -0.4 is 0 Å². The fourth-order valence-corrected chi connectivity index (χ4v) is 2.80. The first-order chi connectivity index (χ1) is 7.90. The molecule has 0 aromatic rings. The quantitative estimate of drug-likeness (QED) is 0.693. The van der Waals surface area contributed by atoms with Crippen molar-refractivity contribution in [2.24, 2.45) is 23.7 Å². The lowest BCUT2D eigenvalue weighted by atomic mass is 9.75. The van der Waals surface area contributed by atoms with Gasteiger partial charge in [-0.1, -0.05) is 41.0 Å². The van der Waals surface area contributed by atoms with Crippen LogP contribution in [0.5, 0.6) is 0 Å². The lowest BCUT2D eigenvalue weighted by molar-refractivity contribution is -0.156. The molecule has 2 nitrogen and oxygen atoms in total. The standard InChI is InChI=1S/C15H28O2/c1-10(2)8-15(16)17-14-9-12(5)6-7-13(14)11(3)4/h10-14H,6-9H2,1-5H3/t12-,13+,14-/m0/s1. The van der Waals surface area contributed by atoms with E-state index < -0.39 is 0 Å². The van der Waals surface area contributed by atoms with Gasteiger partial charge in [-0.15, -0.1) is 0 Å². The molecule has 0 aromatic carbocycles. The number of ether oxygens (including phenoxy) is 1. The van der Waals surface area contributed by atoms with Crippen molar-refractivity contribution in [3.05, 3.63) is 0 Å². The van der Waals surface area contributed by atoms with Crippen molar-refractivity contribution in [3.8, 4) is 0 Å². The average Bonchev–Trinajstić information content (AvgIpc) is 2.15. The Morgan fingerprint density at radius 2 is 1.88 bits per heavy atom. The number of esters is 1. The van der Waals surface area contributed by atoms with E-state index in [1.807, 2.05) is 0 Å². The zero-order valence-corrected chi connectivity index (χ0v) is 12.0. The molecule has 0 N–H and O–H groups in total. The second-order valence-electron chi connectivity index (χ2n) is 6.45. The highest BCUT2D eigenvalue weighted by Gasteiger charge is 2.33. The molecule has 1 saturated carbocycles. The predicted molar refractivity (Wildman–Crippen MR) is 70.7 cm³/mol. The van der Waals surface area contributed by atoms with E-state index in [2.05, 4.69) is 34.6 Å². The minimum Gasteiger partial charge on any atom is -0.462 e. The van der Waals surface area contributed by atoms with Gasteiger partial charge < -0.3 is 4.74 Å². The van der Waals surface area contributed by atoms with Crippen LogP contribution in [0.3, 0.4) is 0 Å². The van der Waals surface area contributed by atoms with Crippen molar-refractivity contribution < 1.29 is 9.53 Å². The summed E-state index contributed by atoms with van der Waals surface area (Å²) < 4.78 is 5.71. The summed E-state index contributed by atoms with van der Waals surface area (Å²) in [5.74, 6) is 2.24. The van der Waals surface area contributed by atoms with Crippen LogP contribution in [0, 0.1) is 23.7 Å². The van der Waals surface area contributed by atoms with Gasteiger partial charge in [0, 0.05) is 6.42 Å². The molecule has 0 bridgehead atoms. The highest BCUT2D eigenvalue weighted by atomic mass is 16.5. The van der Waals surface area contributed by atoms with Crippen molar-refractivity contribution in [1.82, 2.24) is 0 Å². The molecular formula is C15H28O2. The molecule has 2 heteroatoms. The summed E-state index contributed by atoms with van der Waals surface area (Å²) in [7, 11) is 0. The molecule has 17 heavy (non-hydrogen) atoms.